The predicted molar refractivity (Wildman–Crippen MR) is 67.7 cm³/mol. The first-order valence-electron chi connectivity index (χ1n) is 5.07. The number of hydrogen-bond acceptors (Lipinski definition) is 3. The van der Waals surface area contributed by atoms with E-state index in [0.717, 1.165) is 5.69 Å². The highest BCUT2D eigenvalue weighted by Gasteiger charge is 2.07. The third kappa shape index (κ3) is 3.31. The van der Waals surface area contributed by atoms with Crippen molar-refractivity contribution in [1.82, 2.24) is 4.90 Å². The third-order valence-electron chi connectivity index (χ3n) is 2.34. The molecule has 0 aliphatic rings. The minimum atomic E-state index is 0.0249. The highest BCUT2D eigenvalue weighted by molar-refractivity contribution is 6.31. The van der Waals surface area contributed by atoms with Crippen molar-refractivity contribution in [1.29, 1.82) is 0 Å². The first-order chi connectivity index (χ1) is 7.54. The molecule has 0 saturated carbocycles. The molecule has 0 atom stereocenters. The second-order valence-electron chi connectivity index (χ2n) is 3.49. The van der Waals surface area contributed by atoms with Gasteiger partial charge in [0.1, 0.15) is 0 Å². The number of nitrogens with zero attached hydrogens (tertiary/aromatic N) is 1. The number of carbonyl (C=O) groups is 1. The summed E-state index contributed by atoms with van der Waals surface area (Å²) in [6.45, 7) is 2.85. The van der Waals surface area contributed by atoms with E-state index in [-0.39, 0.29) is 12.5 Å². The molecule has 1 aromatic carbocycles. The minimum absolute atomic E-state index is 0.0249. The molecule has 1 amide bonds. The maximum Gasteiger partial charge on any atom is 0.241 e. The lowest BCUT2D eigenvalue weighted by Gasteiger charge is -2.16. The second-order valence-corrected chi connectivity index (χ2v) is 3.93. The maximum absolute atomic E-state index is 11.5. The summed E-state index contributed by atoms with van der Waals surface area (Å²) in [5, 5.41) is 3.56. The van der Waals surface area contributed by atoms with E-state index in [9.17, 15) is 4.79 Å². The van der Waals surface area contributed by atoms with Gasteiger partial charge >= 0.3 is 0 Å². The van der Waals surface area contributed by atoms with Crippen molar-refractivity contribution in [3.05, 3.63) is 23.2 Å². The standard InChI is InChI=1S/C11H16ClN3O/c1-3-15(2)11(16)7-14-10-5-4-8(12)6-9(10)13/h4-6,14H,3,7,13H2,1-2H3. The van der Waals surface area contributed by atoms with Gasteiger partial charge in [-0.2, -0.15) is 0 Å². The molecule has 1 aromatic rings. The number of hydrogen-bond donors (Lipinski definition) is 2. The van der Waals surface area contributed by atoms with Gasteiger partial charge in [0.25, 0.3) is 0 Å². The molecule has 88 valence electrons. The Morgan fingerprint density at radius 3 is 2.81 bits per heavy atom. The van der Waals surface area contributed by atoms with Crippen LogP contribution in [-0.2, 0) is 4.79 Å². The molecule has 0 aliphatic carbocycles. The van der Waals surface area contributed by atoms with E-state index < -0.39 is 0 Å². The van der Waals surface area contributed by atoms with Crippen LogP contribution in [0.4, 0.5) is 11.4 Å². The van der Waals surface area contributed by atoms with E-state index in [1.807, 2.05) is 6.92 Å². The Balaban J connectivity index is 2.58. The summed E-state index contributed by atoms with van der Waals surface area (Å²) in [6.07, 6.45) is 0. The summed E-state index contributed by atoms with van der Waals surface area (Å²) in [6, 6.07) is 5.14. The summed E-state index contributed by atoms with van der Waals surface area (Å²) in [4.78, 5) is 13.2. The maximum atomic E-state index is 11.5. The number of halogens is 1. The quantitative estimate of drug-likeness (QED) is 0.791. The number of nitrogen functional groups attached to an aromatic ring is 1. The normalized spacial score (nSPS) is 9.94. The number of nitrogens with two attached hydrogens (primary N) is 1. The van der Waals surface area contributed by atoms with Crippen molar-refractivity contribution in [2.75, 3.05) is 31.2 Å². The summed E-state index contributed by atoms with van der Waals surface area (Å²) in [7, 11) is 1.76. The Morgan fingerprint density at radius 2 is 2.25 bits per heavy atom. The Labute approximate surface area is 100 Å². The molecule has 3 N–H and O–H groups in total. The molecule has 5 heteroatoms. The minimum Gasteiger partial charge on any atom is -0.397 e. The molecule has 0 spiro atoms. The zero-order valence-electron chi connectivity index (χ0n) is 9.46. The van der Waals surface area contributed by atoms with E-state index in [4.69, 9.17) is 17.3 Å². The molecule has 0 aliphatic heterocycles. The van der Waals surface area contributed by atoms with E-state index in [0.29, 0.717) is 17.3 Å². The number of benzene rings is 1. The van der Waals surface area contributed by atoms with Gasteiger partial charge in [-0.1, -0.05) is 11.6 Å². The summed E-state index contributed by atoms with van der Waals surface area (Å²) in [5.41, 5.74) is 7.01. The lowest BCUT2D eigenvalue weighted by molar-refractivity contribution is -0.127. The van der Waals surface area contributed by atoms with Crippen LogP contribution in [0.1, 0.15) is 6.92 Å². The fourth-order valence-corrected chi connectivity index (χ4v) is 1.36. The van der Waals surface area contributed by atoms with Crippen LogP contribution >= 0.6 is 11.6 Å². The predicted octanol–water partition coefficient (Wildman–Crippen LogP) is 1.81. The second kappa shape index (κ2) is 5.61. The van der Waals surface area contributed by atoms with E-state index >= 15 is 0 Å². The van der Waals surface area contributed by atoms with Crippen LogP contribution < -0.4 is 11.1 Å². The van der Waals surface area contributed by atoms with Crippen molar-refractivity contribution in [2.24, 2.45) is 0 Å². The van der Waals surface area contributed by atoms with Gasteiger partial charge in [-0.25, -0.2) is 0 Å². The molecule has 0 heterocycles. The van der Waals surface area contributed by atoms with Gasteiger partial charge < -0.3 is 16.0 Å². The summed E-state index contributed by atoms with van der Waals surface area (Å²) < 4.78 is 0. The lowest BCUT2D eigenvalue weighted by atomic mass is 10.2. The van der Waals surface area contributed by atoms with Gasteiger partial charge in [0.2, 0.25) is 5.91 Å². The van der Waals surface area contributed by atoms with E-state index in [1.54, 1.807) is 30.1 Å². The van der Waals surface area contributed by atoms with Crippen LogP contribution in [-0.4, -0.2) is 30.9 Å². The zero-order valence-corrected chi connectivity index (χ0v) is 10.2. The number of amides is 1. The van der Waals surface area contributed by atoms with Crippen molar-refractivity contribution in [3.8, 4) is 0 Å². The first-order valence-corrected chi connectivity index (χ1v) is 5.45. The number of likely N-dealkylation sites (N-methyl/N-ethyl adjacent to an activating group) is 1. The van der Waals surface area contributed by atoms with E-state index in [1.165, 1.54) is 0 Å². The van der Waals surface area contributed by atoms with Gasteiger partial charge in [0, 0.05) is 18.6 Å². The number of rotatable bonds is 4. The number of carbonyl (C=O) groups excluding carboxylic acids is 1. The highest BCUT2D eigenvalue weighted by Crippen LogP contribution is 2.22. The Hall–Kier alpha value is -1.42. The van der Waals surface area contributed by atoms with Crippen LogP contribution in [0.2, 0.25) is 5.02 Å². The van der Waals surface area contributed by atoms with Crippen LogP contribution in [0.3, 0.4) is 0 Å². The van der Waals surface area contributed by atoms with Crippen LogP contribution in [0.25, 0.3) is 0 Å². The fourth-order valence-electron chi connectivity index (χ4n) is 1.18. The average Bonchev–Trinajstić information content (AvgIpc) is 2.26. The van der Waals surface area contributed by atoms with Crippen LogP contribution in [0, 0.1) is 0 Å². The molecule has 0 saturated heterocycles. The van der Waals surface area contributed by atoms with Crippen molar-refractivity contribution in [2.45, 2.75) is 6.92 Å². The number of anilines is 2. The van der Waals surface area contributed by atoms with Gasteiger partial charge in [-0.3, -0.25) is 4.79 Å². The van der Waals surface area contributed by atoms with E-state index in [2.05, 4.69) is 5.32 Å². The molecule has 0 unspecified atom stereocenters. The van der Waals surface area contributed by atoms with Crippen molar-refractivity contribution >= 4 is 28.9 Å². The van der Waals surface area contributed by atoms with Gasteiger partial charge in [-0.05, 0) is 25.1 Å². The van der Waals surface area contributed by atoms with Crippen molar-refractivity contribution in [3.63, 3.8) is 0 Å². The fraction of sp³-hybridized carbons (Fsp3) is 0.364. The molecule has 0 bridgehead atoms. The molecule has 16 heavy (non-hydrogen) atoms. The van der Waals surface area contributed by atoms with Gasteiger partial charge in [0.15, 0.2) is 0 Å². The molecular formula is C11H16ClN3O. The molecule has 0 radical (unpaired) electrons. The topological polar surface area (TPSA) is 58.4 Å². The van der Waals surface area contributed by atoms with Gasteiger partial charge in [0.05, 0.1) is 17.9 Å². The van der Waals surface area contributed by atoms with Crippen molar-refractivity contribution < 1.29 is 4.79 Å². The molecule has 0 aromatic heterocycles. The molecule has 4 nitrogen and oxygen atoms in total. The summed E-state index contributed by atoms with van der Waals surface area (Å²) >= 11 is 5.77. The zero-order chi connectivity index (χ0) is 12.1. The molecule has 1 rings (SSSR count). The Morgan fingerprint density at radius 1 is 1.56 bits per heavy atom. The smallest absolute Gasteiger partial charge is 0.241 e. The highest BCUT2D eigenvalue weighted by atomic mass is 35.5. The largest absolute Gasteiger partial charge is 0.397 e. The third-order valence-corrected chi connectivity index (χ3v) is 2.58. The lowest BCUT2D eigenvalue weighted by Crippen LogP contribution is -2.32. The van der Waals surface area contributed by atoms with Crippen LogP contribution in [0.15, 0.2) is 18.2 Å². The molecular weight excluding hydrogens is 226 g/mol. The summed E-state index contributed by atoms with van der Waals surface area (Å²) in [5.74, 6) is 0.0249. The SMILES string of the molecule is CCN(C)C(=O)CNc1ccc(Cl)cc1N. The van der Waals surface area contributed by atoms with Gasteiger partial charge in [-0.15, -0.1) is 0 Å². The van der Waals surface area contributed by atoms with Crippen LogP contribution in [0.5, 0.6) is 0 Å². The monoisotopic (exact) mass is 241 g/mol. The first kappa shape index (κ1) is 12.6. The Bertz CT molecular complexity index is 381. The Kier molecular flexibility index (Phi) is 4.43. The number of nitrogens with one attached hydrogen (secondary N) is 1. The molecule has 0 fully saturated rings. The average molecular weight is 242 g/mol.